The van der Waals surface area contributed by atoms with Crippen LogP contribution in [0.15, 0.2) is 70.9 Å². The maximum Gasteiger partial charge on any atom is 0.309 e. The number of carbonyl (C=O) groups excluding carboxylic acids is 2. The fourth-order valence-corrected chi connectivity index (χ4v) is 6.08. The van der Waals surface area contributed by atoms with Gasteiger partial charge >= 0.3 is 11.8 Å². The van der Waals surface area contributed by atoms with Crippen LogP contribution in [0.25, 0.3) is 0 Å². The third-order valence-electron chi connectivity index (χ3n) is 5.11. The summed E-state index contributed by atoms with van der Waals surface area (Å²) in [7, 11) is -2.20. The van der Waals surface area contributed by atoms with E-state index < -0.39 is 26.9 Å². The van der Waals surface area contributed by atoms with Crippen molar-refractivity contribution in [3.63, 3.8) is 0 Å². The van der Waals surface area contributed by atoms with Crippen molar-refractivity contribution in [3.8, 4) is 5.75 Å². The van der Waals surface area contributed by atoms with Gasteiger partial charge in [-0.05, 0) is 48.6 Å². The van der Waals surface area contributed by atoms with Gasteiger partial charge in [-0.3, -0.25) is 9.59 Å². The highest BCUT2D eigenvalue weighted by molar-refractivity contribution is 7.91. The molecule has 7 nitrogen and oxygen atoms in total. The molecule has 0 fully saturated rings. The zero-order chi connectivity index (χ0) is 23.8. The van der Waals surface area contributed by atoms with Gasteiger partial charge in [0.2, 0.25) is 0 Å². The van der Waals surface area contributed by atoms with Crippen LogP contribution in [0.2, 0.25) is 0 Å². The van der Waals surface area contributed by atoms with Crippen LogP contribution < -0.4 is 15.4 Å². The summed E-state index contributed by atoms with van der Waals surface area (Å²) in [4.78, 5) is 25.4. The van der Waals surface area contributed by atoms with E-state index in [0.717, 1.165) is 11.1 Å². The summed E-state index contributed by atoms with van der Waals surface area (Å²) in [6, 6.07) is 17.4. The predicted octanol–water partition coefficient (Wildman–Crippen LogP) is 3.06. The molecule has 0 saturated heterocycles. The molecule has 0 saturated carbocycles. The summed E-state index contributed by atoms with van der Waals surface area (Å²) in [5, 5.41) is 5.83. The van der Waals surface area contributed by atoms with Gasteiger partial charge in [-0.25, -0.2) is 8.42 Å². The first-order valence-corrected chi connectivity index (χ1v) is 12.8. The molecule has 174 valence electrons. The lowest BCUT2D eigenvalue weighted by Crippen LogP contribution is -2.42. The minimum absolute atomic E-state index is 0.169. The van der Waals surface area contributed by atoms with E-state index in [2.05, 4.69) is 10.6 Å². The standard InChI is InChI=1S/C24H26N2O5S2/c1-17-9-11-19(12-10-17)33(29,30)22(21-8-5-15-32-21)16-26-24(28)23(27)25-14-13-18-6-3-4-7-20(18)31-2/h3-12,15,22H,13-14,16H2,1-2H3,(H,25,27)(H,26,28). The molecule has 9 heteroatoms. The number of thiophene rings is 1. The van der Waals surface area contributed by atoms with Gasteiger partial charge in [-0.1, -0.05) is 42.0 Å². The van der Waals surface area contributed by atoms with E-state index in [9.17, 15) is 18.0 Å². The number of ether oxygens (including phenoxy) is 1. The van der Waals surface area contributed by atoms with Crippen LogP contribution in [0.4, 0.5) is 0 Å². The number of hydrogen-bond donors (Lipinski definition) is 2. The summed E-state index contributed by atoms with van der Waals surface area (Å²) in [6.45, 7) is 1.90. The lowest BCUT2D eigenvalue weighted by Gasteiger charge is -2.17. The average molecular weight is 487 g/mol. The minimum atomic E-state index is -3.77. The van der Waals surface area contributed by atoms with Crippen LogP contribution in [0.3, 0.4) is 0 Å². The van der Waals surface area contributed by atoms with Gasteiger partial charge in [-0.15, -0.1) is 11.3 Å². The third kappa shape index (κ3) is 6.21. The van der Waals surface area contributed by atoms with Crippen molar-refractivity contribution in [1.82, 2.24) is 10.6 Å². The molecule has 3 rings (SSSR count). The molecule has 2 N–H and O–H groups in total. The van der Waals surface area contributed by atoms with Gasteiger partial charge in [0.15, 0.2) is 9.84 Å². The molecule has 0 bridgehead atoms. The number of hydrogen-bond acceptors (Lipinski definition) is 6. The summed E-state index contributed by atoms with van der Waals surface area (Å²) in [5.74, 6) is -0.991. The summed E-state index contributed by atoms with van der Waals surface area (Å²) >= 11 is 1.29. The van der Waals surface area contributed by atoms with Gasteiger partial charge in [0, 0.05) is 18.0 Å². The third-order valence-corrected chi connectivity index (χ3v) is 8.35. The molecule has 2 amide bonds. The zero-order valence-electron chi connectivity index (χ0n) is 18.4. The Morgan fingerprint density at radius 2 is 1.67 bits per heavy atom. The van der Waals surface area contributed by atoms with Crippen LogP contribution in [0.5, 0.6) is 5.75 Å². The van der Waals surface area contributed by atoms with Crippen LogP contribution in [0.1, 0.15) is 21.3 Å². The molecular weight excluding hydrogens is 460 g/mol. The summed E-state index contributed by atoms with van der Waals surface area (Å²) < 4.78 is 31.8. The van der Waals surface area contributed by atoms with Gasteiger partial charge in [0.1, 0.15) is 11.0 Å². The fourth-order valence-electron chi connectivity index (χ4n) is 3.30. The van der Waals surface area contributed by atoms with E-state index in [0.29, 0.717) is 17.0 Å². The van der Waals surface area contributed by atoms with Gasteiger partial charge in [-0.2, -0.15) is 0 Å². The normalized spacial score (nSPS) is 12.1. The number of para-hydroxylation sites is 1. The maximum absolute atomic E-state index is 13.3. The molecule has 2 aromatic carbocycles. The lowest BCUT2D eigenvalue weighted by atomic mass is 10.1. The van der Waals surface area contributed by atoms with Crippen LogP contribution in [0, 0.1) is 6.92 Å². The number of carbonyl (C=O) groups is 2. The molecule has 3 aromatic rings. The number of benzene rings is 2. The van der Waals surface area contributed by atoms with Gasteiger partial charge < -0.3 is 15.4 Å². The largest absolute Gasteiger partial charge is 0.496 e. The van der Waals surface area contributed by atoms with E-state index in [4.69, 9.17) is 4.74 Å². The fraction of sp³-hybridized carbons (Fsp3) is 0.250. The Morgan fingerprint density at radius 1 is 0.970 bits per heavy atom. The highest BCUT2D eigenvalue weighted by atomic mass is 32.2. The minimum Gasteiger partial charge on any atom is -0.496 e. The Kier molecular flexibility index (Phi) is 8.24. The second-order valence-corrected chi connectivity index (χ2v) is 10.5. The monoisotopic (exact) mass is 486 g/mol. The molecule has 0 aliphatic rings. The molecule has 1 aromatic heterocycles. The van der Waals surface area contributed by atoms with E-state index in [1.807, 2.05) is 31.2 Å². The van der Waals surface area contributed by atoms with Crippen molar-refractivity contribution < 1.29 is 22.7 Å². The number of rotatable bonds is 9. The quantitative estimate of drug-likeness (QED) is 0.453. The molecule has 1 heterocycles. The maximum atomic E-state index is 13.3. The van der Waals surface area contributed by atoms with Crippen molar-refractivity contribution in [2.45, 2.75) is 23.5 Å². The van der Waals surface area contributed by atoms with Crippen LogP contribution in [-0.4, -0.2) is 40.4 Å². The molecule has 0 aliphatic heterocycles. The lowest BCUT2D eigenvalue weighted by molar-refractivity contribution is -0.139. The Bertz CT molecular complexity index is 1190. The number of sulfone groups is 1. The molecule has 33 heavy (non-hydrogen) atoms. The van der Waals surface area contributed by atoms with Crippen LogP contribution >= 0.6 is 11.3 Å². The van der Waals surface area contributed by atoms with E-state index in [1.54, 1.807) is 48.9 Å². The topological polar surface area (TPSA) is 102 Å². The first-order valence-electron chi connectivity index (χ1n) is 10.3. The molecule has 1 atom stereocenters. The van der Waals surface area contributed by atoms with Gasteiger partial charge in [0.25, 0.3) is 0 Å². The second-order valence-electron chi connectivity index (χ2n) is 7.39. The first-order chi connectivity index (χ1) is 15.8. The molecule has 0 radical (unpaired) electrons. The Morgan fingerprint density at radius 3 is 2.33 bits per heavy atom. The van der Waals surface area contributed by atoms with Crippen molar-refractivity contribution in [3.05, 3.63) is 82.0 Å². The number of nitrogens with one attached hydrogen (secondary N) is 2. The average Bonchev–Trinajstić information content (AvgIpc) is 3.34. The van der Waals surface area contributed by atoms with E-state index >= 15 is 0 Å². The number of aryl methyl sites for hydroxylation is 1. The molecule has 0 spiro atoms. The predicted molar refractivity (Wildman–Crippen MR) is 128 cm³/mol. The smallest absolute Gasteiger partial charge is 0.309 e. The van der Waals surface area contributed by atoms with Crippen molar-refractivity contribution in [1.29, 1.82) is 0 Å². The number of methoxy groups -OCH3 is 1. The van der Waals surface area contributed by atoms with Crippen molar-refractivity contribution in [2.24, 2.45) is 0 Å². The first kappa shape index (κ1) is 24.5. The second kappa shape index (κ2) is 11.1. The number of amides is 2. The molecule has 0 aliphatic carbocycles. The van der Waals surface area contributed by atoms with E-state index in [1.165, 1.54) is 11.3 Å². The Labute approximate surface area is 197 Å². The summed E-state index contributed by atoms with van der Waals surface area (Å²) in [5.41, 5.74) is 1.85. The Balaban J connectivity index is 1.62. The molecular formula is C24H26N2O5S2. The van der Waals surface area contributed by atoms with Crippen molar-refractivity contribution in [2.75, 3.05) is 20.2 Å². The highest BCUT2D eigenvalue weighted by Gasteiger charge is 2.31. The summed E-state index contributed by atoms with van der Waals surface area (Å²) in [6.07, 6.45) is 0.489. The van der Waals surface area contributed by atoms with Gasteiger partial charge in [0.05, 0.1) is 12.0 Å². The molecule has 1 unspecified atom stereocenters. The van der Waals surface area contributed by atoms with Crippen LogP contribution in [-0.2, 0) is 25.8 Å². The SMILES string of the molecule is COc1ccccc1CCNC(=O)C(=O)NCC(c1cccs1)S(=O)(=O)c1ccc(C)cc1. The zero-order valence-corrected chi connectivity index (χ0v) is 20.0. The van der Waals surface area contributed by atoms with E-state index in [-0.39, 0.29) is 18.0 Å². The Hall–Kier alpha value is -3.17. The highest BCUT2D eigenvalue weighted by Crippen LogP contribution is 2.31. The van der Waals surface area contributed by atoms with Crippen molar-refractivity contribution >= 4 is 33.0 Å².